The van der Waals surface area contributed by atoms with Crippen LogP contribution in [0.1, 0.15) is 33.1 Å². The summed E-state index contributed by atoms with van der Waals surface area (Å²) in [6.07, 6.45) is 2.64. The van der Waals surface area contributed by atoms with Gasteiger partial charge in [-0.2, -0.15) is 0 Å². The van der Waals surface area contributed by atoms with Gasteiger partial charge in [-0.1, -0.05) is 0 Å². The van der Waals surface area contributed by atoms with Crippen LogP contribution in [0.5, 0.6) is 0 Å². The second kappa shape index (κ2) is 4.94. The van der Waals surface area contributed by atoms with E-state index in [0.29, 0.717) is 13.0 Å². The molecule has 4 nitrogen and oxygen atoms in total. The molecule has 0 aromatic heterocycles. The van der Waals surface area contributed by atoms with E-state index < -0.39 is 5.60 Å². The van der Waals surface area contributed by atoms with E-state index in [1.54, 1.807) is 13.8 Å². The summed E-state index contributed by atoms with van der Waals surface area (Å²) in [6, 6.07) is 0.0341. The Labute approximate surface area is 91.6 Å². The van der Waals surface area contributed by atoms with Crippen LogP contribution >= 0.6 is 0 Å². The van der Waals surface area contributed by atoms with Crippen LogP contribution in [0.25, 0.3) is 0 Å². The highest BCUT2D eigenvalue weighted by Gasteiger charge is 2.27. The Morgan fingerprint density at radius 1 is 1.60 bits per heavy atom. The molecule has 1 atom stereocenters. The van der Waals surface area contributed by atoms with Gasteiger partial charge in [-0.25, -0.2) is 0 Å². The molecule has 1 aliphatic heterocycles. The molecule has 0 aromatic carbocycles. The molecular weight excluding hydrogens is 192 g/mol. The zero-order valence-electron chi connectivity index (χ0n) is 9.92. The van der Waals surface area contributed by atoms with Crippen LogP contribution < -0.4 is 5.32 Å². The van der Waals surface area contributed by atoms with Crippen molar-refractivity contribution in [1.82, 2.24) is 10.2 Å². The predicted molar refractivity (Wildman–Crippen MR) is 59.6 cm³/mol. The summed E-state index contributed by atoms with van der Waals surface area (Å²) < 4.78 is 0. The molecule has 1 heterocycles. The number of carbonyl (C=O) groups is 1. The van der Waals surface area contributed by atoms with Gasteiger partial charge in [0, 0.05) is 6.54 Å². The minimum Gasteiger partial charge on any atom is -0.390 e. The van der Waals surface area contributed by atoms with E-state index >= 15 is 0 Å². The largest absolute Gasteiger partial charge is 0.390 e. The topological polar surface area (TPSA) is 52.6 Å². The van der Waals surface area contributed by atoms with Gasteiger partial charge in [0.05, 0.1) is 11.6 Å². The molecule has 0 saturated carbocycles. The molecule has 1 aliphatic rings. The summed E-state index contributed by atoms with van der Waals surface area (Å²) in [5, 5.41) is 12.4. The SMILES string of the molecule is CN1CCCC1C(=O)NCCC(C)(C)O. The number of rotatable bonds is 4. The minimum atomic E-state index is -0.700. The van der Waals surface area contributed by atoms with Crippen molar-refractivity contribution in [2.24, 2.45) is 0 Å². The summed E-state index contributed by atoms with van der Waals surface area (Å²) in [4.78, 5) is 13.8. The molecule has 1 saturated heterocycles. The second-order valence-corrected chi connectivity index (χ2v) is 4.99. The van der Waals surface area contributed by atoms with Crippen molar-refractivity contribution in [3.8, 4) is 0 Å². The number of likely N-dealkylation sites (tertiary alicyclic amines) is 1. The summed E-state index contributed by atoms with van der Waals surface area (Å²) >= 11 is 0. The van der Waals surface area contributed by atoms with E-state index in [9.17, 15) is 9.90 Å². The predicted octanol–water partition coefficient (Wildman–Crippen LogP) is 0.358. The molecular formula is C11H22N2O2. The van der Waals surface area contributed by atoms with E-state index in [0.717, 1.165) is 19.4 Å². The summed E-state index contributed by atoms with van der Waals surface area (Å²) in [6.45, 7) is 5.05. The van der Waals surface area contributed by atoms with Gasteiger partial charge < -0.3 is 10.4 Å². The number of likely N-dealkylation sites (N-methyl/N-ethyl adjacent to an activating group) is 1. The lowest BCUT2D eigenvalue weighted by Crippen LogP contribution is -2.42. The second-order valence-electron chi connectivity index (χ2n) is 4.99. The van der Waals surface area contributed by atoms with Crippen molar-refractivity contribution in [3.05, 3.63) is 0 Å². The third-order valence-electron chi connectivity index (χ3n) is 2.86. The Morgan fingerprint density at radius 2 is 2.27 bits per heavy atom. The fourth-order valence-electron chi connectivity index (χ4n) is 1.85. The fourth-order valence-corrected chi connectivity index (χ4v) is 1.85. The van der Waals surface area contributed by atoms with Gasteiger partial charge >= 0.3 is 0 Å². The van der Waals surface area contributed by atoms with Crippen LogP contribution in [-0.4, -0.2) is 47.7 Å². The molecule has 0 aliphatic carbocycles. The van der Waals surface area contributed by atoms with Gasteiger partial charge in [-0.05, 0) is 46.7 Å². The molecule has 0 bridgehead atoms. The summed E-state index contributed by atoms with van der Waals surface area (Å²) in [5.41, 5.74) is -0.700. The molecule has 1 amide bonds. The van der Waals surface area contributed by atoms with Crippen molar-refractivity contribution < 1.29 is 9.90 Å². The highest BCUT2D eigenvalue weighted by atomic mass is 16.3. The lowest BCUT2D eigenvalue weighted by atomic mass is 10.1. The van der Waals surface area contributed by atoms with Crippen molar-refractivity contribution >= 4 is 5.91 Å². The molecule has 0 radical (unpaired) electrons. The van der Waals surface area contributed by atoms with Gasteiger partial charge in [0.1, 0.15) is 0 Å². The Bertz CT molecular complexity index is 223. The zero-order chi connectivity index (χ0) is 11.5. The quantitative estimate of drug-likeness (QED) is 0.710. The first-order chi connectivity index (χ1) is 6.90. The monoisotopic (exact) mass is 214 g/mol. The molecule has 88 valence electrons. The lowest BCUT2D eigenvalue weighted by molar-refractivity contribution is -0.125. The maximum absolute atomic E-state index is 11.7. The minimum absolute atomic E-state index is 0.0341. The van der Waals surface area contributed by atoms with Crippen LogP contribution in [0.3, 0.4) is 0 Å². The first kappa shape index (κ1) is 12.5. The lowest BCUT2D eigenvalue weighted by Gasteiger charge is -2.21. The number of carbonyl (C=O) groups excluding carboxylic acids is 1. The van der Waals surface area contributed by atoms with Crippen molar-refractivity contribution in [2.45, 2.75) is 44.8 Å². The molecule has 0 spiro atoms. The maximum atomic E-state index is 11.7. The molecule has 1 fully saturated rings. The van der Waals surface area contributed by atoms with E-state index in [-0.39, 0.29) is 11.9 Å². The molecule has 1 unspecified atom stereocenters. The first-order valence-corrected chi connectivity index (χ1v) is 5.60. The van der Waals surface area contributed by atoms with E-state index in [1.165, 1.54) is 0 Å². The van der Waals surface area contributed by atoms with E-state index in [1.807, 2.05) is 7.05 Å². The van der Waals surface area contributed by atoms with Crippen LogP contribution in [-0.2, 0) is 4.79 Å². The van der Waals surface area contributed by atoms with Gasteiger partial charge in [0.25, 0.3) is 0 Å². The van der Waals surface area contributed by atoms with Crippen molar-refractivity contribution in [2.75, 3.05) is 20.1 Å². The molecule has 2 N–H and O–H groups in total. The number of hydrogen-bond donors (Lipinski definition) is 2. The normalized spacial score (nSPS) is 23.1. The first-order valence-electron chi connectivity index (χ1n) is 5.60. The van der Waals surface area contributed by atoms with Crippen LogP contribution in [0.4, 0.5) is 0 Å². The highest BCUT2D eigenvalue weighted by Crippen LogP contribution is 2.14. The fraction of sp³-hybridized carbons (Fsp3) is 0.909. The van der Waals surface area contributed by atoms with Crippen LogP contribution in [0.15, 0.2) is 0 Å². The Kier molecular flexibility index (Phi) is 4.11. The van der Waals surface area contributed by atoms with Gasteiger partial charge in [-0.3, -0.25) is 9.69 Å². The molecule has 0 aromatic rings. The number of aliphatic hydroxyl groups is 1. The third-order valence-corrected chi connectivity index (χ3v) is 2.86. The molecule has 15 heavy (non-hydrogen) atoms. The zero-order valence-corrected chi connectivity index (χ0v) is 9.92. The summed E-state index contributed by atoms with van der Waals surface area (Å²) in [5.74, 6) is 0.0965. The standard InChI is InChI=1S/C11H22N2O2/c1-11(2,15)6-7-12-10(14)9-5-4-8-13(9)3/h9,15H,4-8H2,1-3H3,(H,12,14). The molecule has 4 heteroatoms. The maximum Gasteiger partial charge on any atom is 0.237 e. The molecule has 1 rings (SSSR count). The van der Waals surface area contributed by atoms with E-state index in [4.69, 9.17) is 0 Å². The Hall–Kier alpha value is -0.610. The van der Waals surface area contributed by atoms with Gasteiger partial charge in [-0.15, -0.1) is 0 Å². The Balaban J connectivity index is 2.24. The van der Waals surface area contributed by atoms with Crippen molar-refractivity contribution in [3.63, 3.8) is 0 Å². The number of nitrogens with zero attached hydrogens (tertiary/aromatic N) is 1. The number of amides is 1. The summed E-state index contributed by atoms with van der Waals surface area (Å²) in [7, 11) is 1.98. The van der Waals surface area contributed by atoms with Crippen LogP contribution in [0.2, 0.25) is 0 Å². The third kappa shape index (κ3) is 4.18. The van der Waals surface area contributed by atoms with Gasteiger partial charge in [0.15, 0.2) is 0 Å². The highest BCUT2D eigenvalue weighted by molar-refractivity contribution is 5.81. The number of nitrogens with one attached hydrogen (secondary N) is 1. The van der Waals surface area contributed by atoms with E-state index in [2.05, 4.69) is 10.2 Å². The smallest absolute Gasteiger partial charge is 0.237 e. The van der Waals surface area contributed by atoms with Crippen LogP contribution in [0, 0.1) is 0 Å². The average molecular weight is 214 g/mol. The average Bonchev–Trinajstić information content (AvgIpc) is 2.48. The van der Waals surface area contributed by atoms with Gasteiger partial charge in [0.2, 0.25) is 5.91 Å². The van der Waals surface area contributed by atoms with Crippen molar-refractivity contribution in [1.29, 1.82) is 0 Å². The number of hydrogen-bond acceptors (Lipinski definition) is 3. The Morgan fingerprint density at radius 3 is 2.73 bits per heavy atom.